The Labute approximate surface area is 84.6 Å². The number of benzene rings is 1. The van der Waals surface area contributed by atoms with Crippen LogP contribution in [0.5, 0.6) is 0 Å². The van der Waals surface area contributed by atoms with E-state index in [9.17, 15) is 4.57 Å². The van der Waals surface area contributed by atoms with Gasteiger partial charge in [0, 0.05) is 10.0 Å². The molecule has 1 aromatic carbocycles. The van der Waals surface area contributed by atoms with E-state index in [1.165, 1.54) is 0 Å². The molecule has 5 heteroatoms. The molecule has 0 amide bonds. The minimum absolute atomic E-state index is 0.656. The molecule has 0 aliphatic heterocycles. The van der Waals surface area contributed by atoms with Crippen LogP contribution in [0.15, 0.2) is 28.7 Å². The molecule has 0 fully saturated rings. The van der Waals surface area contributed by atoms with Crippen molar-refractivity contribution >= 4 is 35.6 Å². The van der Waals surface area contributed by atoms with Gasteiger partial charge < -0.3 is 0 Å². The quantitative estimate of drug-likeness (QED) is 0.659. The predicted molar refractivity (Wildman–Crippen MR) is 52.6 cm³/mol. The average molecular weight is 268 g/mol. The van der Waals surface area contributed by atoms with Crippen LogP contribution in [-0.2, 0) is 4.57 Å². The van der Waals surface area contributed by atoms with Gasteiger partial charge in [0.05, 0.1) is 0 Å². The molecule has 0 aliphatic carbocycles. The van der Waals surface area contributed by atoms with Gasteiger partial charge in [-0.25, -0.2) is 0 Å². The van der Waals surface area contributed by atoms with Crippen LogP contribution < -0.4 is 0 Å². The van der Waals surface area contributed by atoms with Gasteiger partial charge in [-0.05, 0) is 16.7 Å². The molecule has 1 rings (SSSR count). The van der Waals surface area contributed by atoms with Crippen LogP contribution in [0.4, 0.5) is 0 Å². The van der Waals surface area contributed by atoms with E-state index >= 15 is 0 Å². The van der Waals surface area contributed by atoms with Crippen molar-refractivity contribution < 1.29 is 9.46 Å². The first kappa shape index (κ1) is 10.1. The van der Waals surface area contributed by atoms with Crippen molar-refractivity contribution in [3.05, 3.63) is 34.3 Å². The van der Waals surface area contributed by atoms with Crippen molar-refractivity contribution in [2.24, 2.45) is 0 Å². The molecule has 2 atom stereocenters. The Bertz CT molecular complexity index is 288. The lowest BCUT2D eigenvalue weighted by molar-refractivity contribution is 0.500. The van der Waals surface area contributed by atoms with E-state index in [0.29, 0.717) is 5.56 Å². The Morgan fingerprint density at radius 2 is 1.92 bits per heavy atom. The maximum absolute atomic E-state index is 10.6. The van der Waals surface area contributed by atoms with Crippen LogP contribution >= 0.6 is 35.6 Å². The molecule has 2 nitrogen and oxygen atoms in total. The SMILES string of the molecule is O=[P+](O)C(Cl)c1ccc(Br)cc1. The zero-order valence-corrected chi connectivity index (χ0v) is 9.18. The zero-order valence-electron chi connectivity index (χ0n) is 5.95. The second-order valence-corrected chi connectivity index (χ2v) is 4.97. The summed E-state index contributed by atoms with van der Waals surface area (Å²) >= 11 is 8.90. The van der Waals surface area contributed by atoms with E-state index in [1.807, 2.05) is 0 Å². The van der Waals surface area contributed by atoms with Gasteiger partial charge >= 0.3 is 8.03 Å². The molecule has 0 heterocycles. The van der Waals surface area contributed by atoms with Crippen molar-refractivity contribution in [1.29, 1.82) is 0 Å². The molecule has 0 saturated carbocycles. The normalized spacial score (nSPS) is 14.1. The molecular weight excluding hydrogens is 262 g/mol. The molecule has 12 heavy (non-hydrogen) atoms. The molecule has 2 unspecified atom stereocenters. The third-order valence-corrected chi connectivity index (χ3v) is 3.31. The largest absolute Gasteiger partial charge is 0.530 e. The Kier molecular flexibility index (Phi) is 3.66. The number of rotatable bonds is 2. The van der Waals surface area contributed by atoms with Crippen molar-refractivity contribution in [3.63, 3.8) is 0 Å². The molecule has 1 N–H and O–H groups in total. The fraction of sp³-hybridized carbons (Fsp3) is 0.143. The Balaban J connectivity index is 2.89. The minimum Gasteiger partial charge on any atom is -0.159 e. The van der Waals surface area contributed by atoms with Gasteiger partial charge in [0.1, 0.15) is 0 Å². The Hall–Kier alpha value is 0.0500. The fourth-order valence-corrected chi connectivity index (χ4v) is 1.59. The predicted octanol–water partition coefficient (Wildman–Crippen LogP) is 3.42. The lowest BCUT2D eigenvalue weighted by Gasteiger charge is -1.96. The summed E-state index contributed by atoms with van der Waals surface area (Å²) in [6.45, 7) is 0. The molecule has 0 radical (unpaired) electrons. The van der Waals surface area contributed by atoms with E-state index in [0.717, 1.165) is 4.47 Å². The highest BCUT2D eigenvalue weighted by molar-refractivity contribution is 9.10. The zero-order chi connectivity index (χ0) is 9.14. The summed E-state index contributed by atoms with van der Waals surface area (Å²) in [5.74, 6) is 0. The van der Waals surface area contributed by atoms with Crippen LogP contribution in [0.1, 0.15) is 10.7 Å². The van der Waals surface area contributed by atoms with E-state index in [-0.39, 0.29) is 0 Å². The molecule has 0 spiro atoms. The summed E-state index contributed by atoms with van der Waals surface area (Å²) in [6.07, 6.45) is 0. The second-order valence-electron chi connectivity index (χ2n) is 2.19. The van der Waals surface area contributed by atoms with Gasteiger partial charge in [0.2, 0.25) is 0 Å². The van der Waals surface area contributed by atoms with E-state index in [1.54, 1.807) is 24.3 Å². The Morgan fingerprint density at radius 1 is 1.42 bits per heavy atom. The van der Waals surface area contributed by atoms with Gasteiger partial charge in [0.15, 0.2) is 0 Å². The first-order valence-corrected chi connectivity index (χ1v) is 5.67. The van der Waals surface area contributed by atoms with Crippen molar-refractivity contribution in [1.82, 2.24) is 0 Å². The van der Waals surface area contributed by atoms with Crippen LogP contribution in [0.3, 0.4) is 0 Å². The number of hydrogen-bond donors (Lipinski definition) is 1. The van der Waals surface area contributed by atoms with Crippen molar-refractivity contribution in [2.45, 2.75) is 5.12 Å². The van der Waals surface area contributed by atoms with E-state index in [4.69, 9.17) is 16.5 Å². The molecule has 0 aromatic heterocycles. The highest BCUT2D eigenvalue weighted by Gasteiger charge is 2.27. The van der Waals surface area contributed by atoms with E-state index < -0.39 is 13.1 Å². The summed E-state index contributed by atoms with van der Waals surface area (Å²) in [5, 5.41) is -0.812. The smallest absolute Gasteiger partial charge is 0.159 e. The van der Waals surface area contributed by atoms with Gasteiger partial charge in [-0.15, -0.1) is 0 Å². The summed E-state index contributed by atoms with van der Waals surface area (Å²) in [7, 11) is -2.35. The maximum Gasteiger partial charge on any atom is 0.530 e. The van der Waals surface area contributed by atoms with Gasteiger partial charge in [0.25, 0.3) is 5.12 Å². The van der Waals surface area contributed by atoms with Crippen LogP contribution in [0, 0.1) is 0 Å². The number of halogens is 2. The summed E-state index contributed by atoms with van der Waals surface area (Å²) in [6, 6.07) is 6.99. The molecule has 64 valence electrons. The van der Waals surface area contributed by atoms with Crippen LogP contribution in [0.25, 0.3) is 0 Å². The third kappa shape index (κ3) is 2.53. The second kappa shape index (κ2) is 4.33. The summed E-state index contributed by atoms with van der Waals surface area (Å²) in [5.41, 5.74) is 0.656. The molecule has 0 bridgehead atoms. The maximum atomic E-state index is 10.6. The monoisotopic (exact) mass is 267 g/mol. The van der Waals surface area contributed by atoms with Crippen LogP contribution in [0.2, 0.25) is 0 Å². The minimum atomic E-state index is -2.35. The van der Waals surface area contributed by atoms with Gasteiger partial charge in [-0.3, -0.25) is 0 Å². The molecule has 0 saturated heterocycles. The molecule has 1 aromatic rings. The van der Waals surface area contributed by atoms with Gasteiger partial charge in [-0.2, -0.15) is 4.89 Å². The first-order chi connectivity index (χ1) is 5.61. The lowest BCUT2D eigenvalue weighted by Crippen LogP contribution is -1.83. The van der Waals surface area contributed by atoms with Crippen molar-refractivity contribution in [3.8, 4) is 0 Å². The topological polar surface area (TPSA) is 37.3 Å². The number of hydrogen-bond acceptors (Lipinski definition) is 1. The lowest BCUT2D eigenvalue weighted by atomic mass is 10.2. The van der Waals surface area contributed by atoms with Gasteiger partial charge in [-0.1, -0.05) is 39.7 Å². The van der Waals surface area contributed by atoms with E-state index in [2.05, 4.69) is 15.9 Å². The standard InChI is InChI=1S/C7H5BrClO2P/c8-6-3-1-5(2-4-6)7(9)12(10)11/h1-4,7H/p+1. The van der Waals surface area contributed by atoms with Crippen molar-refractivity contribution in [2.75, 3.05) is 0 Å². The van der Waals surface area contributed by atoms with Crippen LogP contribution in [-0.4, -0.2) is 4.89 Å². The summed E-state index contributed by atoms with van der Waals surface area (Å²) in [4.78, 5) is 8.71. The Morgan fingerprint density at radius 3 is 2.33 bits per heavy atom. The molecular formula is C7H6BrClO2P+. The third-order valence-electron chi connectivity index (χ3n) is 1.34. The highest BCUT2D eigenvalue weighted by atomic mass is 79.9. The molecule has 0 aliphatic rings. The first-order valence-electron chi connectivity index (χ1n) is 3.16. The fourth-order valence-electron chi connectivity index (χ4n) is 0.749. The summed E-state index contributed by atoms with van der Waals surface area (Å²) < 4.78 is 11.5. The highest BCUT2D eigenvalue weighted by Crippen LogP contribution is 2.41. The average Bonchev–Trinajstić information content (AvgIpc) is 2.04. The number of alkyl halides is 1.